The minimum Gasteiger partial charge on any atom is -0.506 e. The number of halogens is 4. The normalized spacial score (nSPS) is 12.5. The van der Waals surface area contributed by atoms with Crippen molar-refractivity contribution in [1.82, 2.24) is 0 Å². The van der Waals surface area contributed by atoms with Crippen LogP contribution in [-0.4, -0.2) is 28.1 Å². The van der Waals surface area contributed by atoms with E-state index in [1.807, 2.05) is 0 Å². The van der Waals surface area contributed by atoms with E-state index in [1.54, 1.807) is 51.2 Å². The van der Waals surface area contributed by atoms with E-state index in [2.05, 4.69) is 0 Å². The predicted molar refractivity (Wildman–Crippen MR) is 101 cm³/mol. The summed E-state index contributed by atoms with van der Waals surface area (Å²) >= 11 is 3.42. The van der Waals surface area contributed by atoms with Gasteiger partial charge in [-0.25, -0.2) is 9.59 Å². The molecule has 0 spiro atoms. The number of phenols is 1. The fourth-order valence-electron chi connectivity index (χ4n) is 1.95. The van der Waals surface area contributed by atoms with Crippen molar-refractivity contribution in [1.29, 1.82) is 0 Å². The zero-order valence-corrected chi connectivity index (χ0v) is 16.6. The number of carboxylic acids is 1. The maximum atomic E-state index is 14.2. The lowest BCUT2D eigenvalue weighted by Crippen LogP contribution is -2.38. The van der Waals surface area contributed by atoms with Gasteiger partial charge in [0.15, 0.2) is 0 Å². The Labute approximate surface area is 168 Å². The molecule has 0 radical (unpaired) electrons. The van der Waals surface area contributed by atoms with Gasteiger partial charge in [-0.05, 0) is 69.4 Å². The number of hydrogen-bond acceptors (Lipinski definition) is 4. The molecule has 1 unspecified atom stereocenters. The average Bonchev–Trinajstić information content (AvgIpc) is 2.57. The Morgan fingerprint density at radius 1 is 1.08 bits per heavy atom. The Morgan fingerprint density at radius 3 is 2.08 bits per heavy atom. The van der Waals surface area contributed by atoms with Gasteiger partial charge in [-0.2, -0.15) is 8.78 Å². The zero-order chi connectivity index (χ0) is 18.8. The first-order valence-corrected chi connectivity index (χ1v) is 8.85. The van der Waals surface area contributed by atoms with Crippen molar-refractivity contribution < 1.29 is 33.3 Å². The van der Waals surface area contributed by atoms with Gasteiger partial charge in [0.1, 0.15) is 5.75 Å². The Morgan fingerprint density at radius 2 is 1.60 bits per heavy atom. The van der Waals surface area contributed by atoms with Gasteiger partial charge in [0.25, 0.3) is 0 Å². The number of phenolic OH excluding ortho intramolecular Hbond substituents is 1. The van der Waals surface area contributed by atoms with Crippen molar-refractivity contribution in [3.05, 3.63) is 60.7 Å². The van der Waals surface area contributed by atoms with E-state index in [9.17, 15) is 23.5 Å². The first-order chi connectivity index (χ1) is 11.6. The summed E-state index contributed by atoms with van der Waals surface area (Å²) in [5.41, 5.74) is -0.222. The molecule has 0 aliphatic heterocycles. The molecule has 9 heteroatoms. The number of ether oxygens (including phenoxy) is 1. The van der Waals surface area contributed by atoms with Crippen molar-refractivity contribution in [3.8, 4) is 5.75 Å². The fraction of sp³-hybridized carbons (Fsp3) is 0.125. The summed E-state index contributed by atoms with van der Waals surface area (Å²) in [6.07, 6.45) is -2.35. The molecule has 1 atom stereocenters. The van der Waals surface area contributed by atoms with E-state index >= 15 is 0 Å². The molecule has 0 bridgehead atoms. The van der Waals surface area contributed by atoms with E-state index in [1.165, 1.54) is 24.3 Å². The summed E-state index contributed by atoms with van der Waals surface area (Å²) in [5, 5.41) is 18.6. The number of rotatable bonds is 5. The number of carbonyl (C=O) groups excluding carboxylic acids is 1. The summed E-state index contributed by atoms with van der Waals surface area (Å²) in [4.78, 5) is 23.1. The van der Waals surface area contributed by atoms with Crippen LogP contribution in [0.4, 0.5) is 8.78 Å². The maximum Gasteiger partial charge on any atom is 0.382 e. The molecule has 2 aromatic rings. The van der Waals surface area contributed by atoms with Gasteiger partial charge in [-0.3, -0.25) is 0 Å². The van der Waals surface area contributed by atoms with Crippen LogP contribution in [0.5, 0.6) is 5.75 Å². The minimum atomic E-state index is -4.35. The third kappa shape index (κ3) is 4.37. The van der Waals surface area contributed by atoms with Gasteiger partial charge < -0.3 is 14.9 Å². The highest BCUT2D eigenvalue weighted by molar-refractivity contribution is 14.1. The van der Waals surface area contributed by atoms with Crippen LogP contribution < -0.4 is 0 Å². The van der Waals surface area contributed by atoms with Crippen LogP contribution in [0.15, 0.2) is 42.5 Å². The van der Waals surface area contributed by atoms with Crippen LogP contribution in [0.3, 0.4) is 0 Å². The zero-order valence-electron chi connectivity index (χ0n) is 12.2. The Balaban J connectivity index is 2.48. The number of hydrogen-bond donors (Lipinski definition) is 2. The first kappa shape index (κ1) is 19.8. The molecule has 0 amide bonds. The van der Waals surface area contributed by atoms with Crippen LogP contribution in [0, 0.1) is 7.14 Å². The van der Waals surface area contributed by atoms with E-state index in [0.29, 0.717) is 0 Å². The van der Waals surface area contributed by atoms with Gasteiger partial charge >= 0.3 is 17.9 Å². The van der Waals surface area contributed by atoms with Crippen LogP contribution in [-0.2, 0) is 9.53 Å². The van der Waals surface area contributed by atoms with E-state index in [4.69, 9.17) is 9.84 Å². The molecule has 0 saturated carbocycles. The second-order valence-electron chi connectivity index (χ2n) is 4.91. The number of aromatic hydroxyl groups is 1. The number of benzene rings is 2. The van der Waals surface area contributed by atoms with Gasteiger partial charge in [0.2, 0.25) is 6.10 Å². The standard InChI is InChI=1S/C16H10F2I2O5/c17-16(18,15(23)24)13(9-6-10(19)12(21)11(20)7-9)25-14(22)8-4-2-1-3-5-8/h1-7,13,21H,(H,23,24). The molecule has 5 nitrogen and oxygen atoms in total. The molecule has 25 heavy (non-hydrogen) atoms. The van der Waals surface area contributed by atoms with Crippen LogP contribution in [0.1, 0.15) is 22.0 Å². The molecule has 2 rings (SSSR count). The third-order valence-corrected chi connectivity index (χ3v) is 4.84. The minimum absolute atomic E-state index is 0.0110. The van der Waals surface area contributed by atoms with Gasteiger partial charge in [-0.1, -0.05) is 18.2 Å². The highest BCUT2D eigenvalue weighted by Gasteiger charge is 2.51. The SMILES string of the molecule is O=C(OC(c1cc(I)c(O)c(I)c1)C(F)(F)C(=O)O)c1ccccc1. The second-order valence-corrected chi connectivity index (χ2v) is 7.24. The number of esters is 1. The summed E-state index contributed by atoms with van der Waals surface area (Å²) in [6, 6.07) is 9.70. The molecule has 0 aliphatic rings. The van der Waals surface area contributed by atoms with E-state index in [0.717, 1.165) is 12.1 Å². The number of alkyl halides is 2. The van der Waals surface area contributed by atoms with Gasteiger partial charge in [0.05, 0.1) is 12.7 Å². The summed E-state index contributed by atoms with van der Waals surface area (Å²) in [6.45, 7) is 0. The van der Waals surface area contributed by atoms with E-state index < -0.39 is 24.0 Å². The van der Waals surface area contributed by atoms with Gasteiger partial charge in [0, 0.05) is 5.56 Å². The predicted octanol–water partition coefficient (Wildman–Crippen LogP) is 4.22. The lowest BCUT2D eigenvalue weighted by molar-refractivity contribution is -0.183. The molecular formula is C16H10F2I2O5. The topological polar surface area (TPSA) is 83.8 Å². The van der Waals surface area contributed by atoms with Crippen molar-refractivity contribution in [2.24, 2.45) is 0 Å². The quantitative estimate of drug-likeness (QED) is 0.413. The Hall–Kier alpha value is -1.50. The van der Waals surface area contributed by atoms with E-state index in [-0.39, 0.29) is 24.0 Å². The smallest absolute Gasteiger partial charge is 0.382 e. The third-order valence-electron chi connectivity index (χ3n) is 3.19. The van der Waals surface area contributed by atoms with Crippen LogP contribution >= 0.6 is 45.2 Å². The Kier molecular flexibility index (Phi) is 6.19. The summed E-state index contributed by atoms with van der Waals surface area (Å²) in [5.74, 6) is -7.98. The monoisotopic (exact) mass is 574 g/mol. The summed E-state index contributed by atoms with van der Waals surface area (Å²) in [7, 11) is 0. The molecular weight excluding hydrogens is 564 g/mol. The fourth-order valence-corrected chi connectivity index (χ4v) is 3.77. The number of carboxylic acid groups (broad SMARTS) is 1. The Bertz CT molecular complexity index is 788. The molecule has 0 aliphatic carbocycles. The molecule has 2 N–H and O–H groups in total. The number of carbonyl (C=O) groups is 2. The second kappa shape index (κ2) is 7.81. The highest BCUT2D eigenvalue weighted by Crippen LogP contribution is 2.39. The first-order valence-electron chi connectivity index (χ1n) is 6.69. The van der Waals surface area contributed by atoms with Crippen molar-refractivity contribution >= 4 is 57.1 Å². The largest absolute Gasteiger partial charge is 0.506 e. The molecule has 0 heterocycles. The van der Waals surface area contributed by atoms with Crippen molar-refractivity contribution in [2.75, 3.05) is 0 Å². The molecule has 132 valence electrons. The van der Waals surface area contributed by atoms with Crippen LogP contribution in [0.25, 0.3) is 0 Å². The lowest BCUT2D eigenvalue weighted by atomic mass is 10.0. The van der Waals surface area contributed by atoms with Crippen molar-refractivity contribution in [2.45, 2.75) is 12.0 Å². The van der Waals surface area contributed by atoms with Gasteiger partial charge in [-0.15, -0.1) is 0 Å². The molecule has 0 saturated heterocycles. The van der Waals surface area contributed by atoms with Crippen LogP contribution in [0.2, 0.25) is 0 Å². The molecule has 2 aromatic carbocycles. The average molecular weight is 574 g/mol. The molecule has 0 fully saturated rings. The molecule has 0 aromatic heterocycles. The lowest BCUT2D eigenvalue weighted by Gasteiger charge is -2.24. The number of aliphatic carboxylic acids is 1. The maximum absolute atomic E-state index is 14.2. The van der Waals surface area contributed by atoms with Crippen molar-refractivity contribution in [3.63, 3.8) is 0 Å². The highest BCUT2D eigenvalue weighted by atomic mass is 127. The summed E-state index contributed by atoms with van der Waals surface area (Å²) < 4.78 is 33.7.